The second-order valence-electron chi connectivity index (χ2n) is 7.08. The normalized spacial score (nSPS) is 28.1. The Bertz CT molecular complexity index is 438. The smallest absolute Gasteiger partial charge is 0.236 e. The van der Waals surface area contributed by atoms with Crippen LogP contribution in [0.3, 0.4) is 0 Å². The van der Waals surface area contributed by atoms with E-state index < -0.39 is 5.41 Å². The highest BCUT2D eigenvalue weighted by Crippen LogP contribution is 2.42. The van der Waals surface area contributed by atoms with Crippen molar-refractivity contribution in [1.29, 1.82) is 0 Å². The first kappa shape index (κ1) is 17.2. The third kappa shape index (κ3) is 3.13. The van der Waals surface area contributed by atoms with E-state index in [0.29, 0.717) is 38.7 Å². The predicted molar refractivity (Wildman–Crippen MR) is 84.4 cm³/mol. The molecule has 0 aromatic rings. The lowest BCUT2D eigenvalue weighted by atomic mass is 9.75. The Morgan fingerprint density at radius 2 is 2.00 bits per heavy atom. The van der Waals surface area contributed by atoms with E-state index in [1.807, 2.05) is 16.8 Å². The Kier molecular flexibility index (Phi) is 5.12. The molecule has 0 aromatic heterocycles. The maximum absolute atomic E-state index is 12.7. The molecule has 2 aliphatic rings. The van der Waals surface area contributed by atoms with Gasteiger partial charge < -0.3 is 14.5 Å². The number of fused-ring (bicyclic) bond motifs is 1. The van der Waals surface area contributed by atoms with Crippen LogP contribution in [0.15, 0.2) is 0 Å². The molecule has 0 aromatic carbocycles. The van der Waals surface area contributed by atoms with Crippen LogP contribution in [-0.4, -0.2) is 86.0 Å². The monoisotopic (exact) mass is 311 g/mol. The molecule has 6 heteroatoms. The van der Waals surface area contributed by atoms with Gasteiger partial charge in [0.1, 0.15) is 0 Å². The summed E-state index contributed by atoms with van der Waals surface area (Å²) in [7, 11) is 5.51. The van der Waals surface area contributed by atoms with Gasteiger partial charge in [0.2, 0.25) is 11.8 Å². The van der Waals surface area contributed by atoms with Crippen LogP contribution in [0.4, 0.5) is 0 Å². The standard InChI is InChI=1S/C16H29N3O3/c1-12(2)18(5)10-14(20)19-8-6-13-16(11-19,7-9-22-13)15(21)17(3)4/h12-13H,6-11H2,1-5H3/t13-,16-/m1/s1. The average molecular weight is 311 g/mol. The minimum atomic E-state index is -0.548. The van der Waals surface area contributed by atoms with Gasteiger partial charge in [-0.3, -0.25) is 14.5 Å². The first-order valence-electron chi connectivity index (χ1n) is 8.09. The van der Waals surface area contributed by atoms with E-state index in [2.05, 4.69) is 13.8 Å². The number of rotatable bonds is 4. The van der Waals surface area contributed by atoms with E-state index in [1.165, 1.54) is 0 Å². The Morgan fingerprint density at radius 3 is 2.59 bits per heavy atom. The lowest BCUT2D eigenvalue weighted by molar-refractivity contribution is -0.152. The molecule has 22 heavy (non-hydrogen) atoms. The van der Waals surface area contributed by atoms with Gasteiger partial charge in [0.05, 0.1) is 18.1 Å². The summed E-state index contributed by atoms with van der Waals surface area (Å²) >= 11 is 0. The minimum Gasteiger partial charge on any atom is -0.377 e. The summed E-state index contributed by atoms with van der Waals surface area (Å²) in [6.07, 6.45) is 1.41. The first-order valence-corrected chi connectivity index (χ1v) is 8.09. The number of piperidine rings is 1. The Morgan fingerprint density at radius 1 is 1.32 bits per heavy atom. The van der Waals surface area contributed by atoms with Crippen molar-refractivity contribution in [1.82, 2.24) is 14.7 Å². The highest BCUT2D eigenvalue weighted by molar-refractivity contribution is 5.85. The van der Waals surface area contributed by atoms with E-state index in [1.54, 1.807) is 19.0 Å². The highest BCUT2D eigenvalue weighted by Gasteiger charge is 2.54. The van der Waals surface area contributed by atoms with Crippen LogP contribution in [0.2, 0.25) is 0 Å². The van der Waals surface area contributed by atoms with E-state index in [-0.39, 0.29) is 17.9 Å². The van der Waals surface area contributed by atoms with Crippen LogP contribution in [0, 0.1) is 5.41 Å². The predicted octanol–water partition coefficient (Wildman–Crippen LogP) is 0.422. The fourth-order valence-electron chi connectivity index (χ4n) is 3.40. The third-order valence-electron chi connectivity index (χ3n) is 5.07. The number of carbonyl (C=O) groups is 2. The summed E-state index contributed by atoms with van der Waals surface area (Å²) in [5, 5.41) is 0. The van der Waals surface area contributed by atoms with Gasteiger partial charge in [-0.05, 0) is 33.7 Å². The fraction of sp³-hybridized carbons (Fsp3) is 0.875. The minimum absolute atomic E-state index is 0.0470. The van der Waals surface area contributed by atoms with Crippen LogP contribution < -0.4 is 0 Å². The Hall–Kier alpha value is -1.14. The first-order chi connectivity index (χ1) is 10.3. The Labute approximate surface area is 133 Å². The van der Waals surface area contributed by atoms with Crippen LogP contribution >= 0.6 is 0 Å². The van der Waals surface area contributed by atoms with Gasteiger partial charge >= 0.3 is 0 Å². The molecule has 0 saturated carbocycles. The van der Waals surface area contributed by atoms with E-state index in [0.717, 1.165) is 6.42 Å². The topological polar surface area (TPSA) is 53.1 Å². The summed E-state index contributed by atoms with van der Waals surface area (Å²) in [5.74, 6) is 0.192. The molecule has 0 bridgehead atoms. The second-order valence-corrected chi connectivity index (χ2v) is 7.08. The summed E-state index contributed by atoms with van der Waals surface area (Å²) in [5.41, 5.74) is -0.548. The van der Waals surface area contributed by atoms with Gasteiger partial charge in [-0.1, -0.05) is 0 Å². The molecule has 2 amide bonds. The van der Waals surface area contributed by atoms with Crippen molar-refractivity contribution in [2.45, 2.75) is 38.8 Å². The number of nitrogens with zero attached hydrogens (tertiary/aromatic N) is 3. The van der Waals surface area contributed by atoms with E-state index >= 15 is 0 Å². The van der Waals surface area contributed by atoms with Crippen molar-refractivity contribution >= 4 is 11.8 Å². The van der Waals surface area contributed by atoms with Crippen LogP contribution in [0.5, 0.6) is 0 Å². The van der Waals surface area contributed by atoms with E-state index in [9.17, 15) is 9.59 Å². The molecule has 0 N–H and O–H groups in total. The fourth-order valence-corrected chi connectivity index (χ4v) is 3.40. The van der Waals surface area contributed by atoms with Gasteiger partial charge in [0.25, 0.3) is 0 Å². The summed E-state index contributed by atoms with van der Waals surface area (Å²) in [4.78, 5) is 30.8. The summed E-state index contributed by atoms with van der Waals surface area (Å²) < 4.78 is 5.78. The molecular weight excluding hydrogens is 282 g/mol. The third-order valence-corrected chi connectivity index (χ3v) is 5.07. The largest absolute Gasteiger partial charge is 0.377 e. The number of hydrogen-bond donors (Lipinski definition) is 0. The van der Waals surface area contributed by atoms with Crippen molar-refractivity contribution in [2.75, 3.05) is 47.4 Å². The number of ether oxygens (including phenoxy) is 1. The number of amides is 2. The highest BCUT2D eigenvalue weighted by atomic mass is 16.5. The molecule has 0 aliphatic carbocycles. The zero-order valence-corrected chi connectivity index (χ0v) is 14.5. The maximum atomic E-state index is 12.7. The molecule has 0 unspecified atom stereocenters. The molecule has 2 atom stereocenters. The molecule has 0 radical (unpaired) electrons. The van der Waals surface area contributed by atoms with Crippen LogP contribution in [-0.2, 0) is 14.3 Å². The molecule has 2 rings (SSSR count). The molecule has 2 aliphatic heterocycles. The van der Waals surface area contributed by atoms with Crippen molar-refractivity contribution in [3.63, 3.8) is 0 Å². The van der Waals surface area contributed by atoms with Crippen molar-refractivity contribution in [3.05, 3.63) is 0 Å². The van der Waals surface area contributed by atoms with Gasteiger partial charge in [0.15, 0.2) is 0 Å². The van der Waals surface area contributed by atoms with Crippen molar-refractivity contribution in [2.24, 2.45) is 5.41 Å². The molecule has 2 fully saturated rings. The second kappa shape index (κ2) is 6.54. The summed E-state index contributed by atoms with van der Waals surface area (Å²) in [6.45, 7) is 6.31. The molecule has 126 valence electrons. The average Bonchev–Trinajstić information content (AvgIpc) is 2.89. The number of likely N-dealkylation sites (tertiary alicyclic amines) is 1. The van der Waals surface area contributed by atoms with Crippen LogP contribution in [0.1, 0.15) is 26.7 Å². The SMILES string of the molecule is CC(C)N(C)CC(=O)N1CC[C@H]2OCC[C@@]2(C(=O)N(C)C)C1. The van der Waals surface area contributed by atoms with Gasteiger partial charge in [-0.15, -0.1) is 0 Å². The molecule has 2 heterocycles. The molecule has 6 nitrogen and oxygen atoms in total. The van der Waals surface area contributed by atoms with E-state index in [4.69, 9.17) is 4.74 Å². The zero-order valence-electron chi connectivity index (χ0n) is 14.5. The van der Waals surface area contributed by atoms with Gasteiger partial charge in [-0.2, -0.15) is 0 Å². The maximum Gasteiger partial charge on any atom is 0.236 e. The number of likely N-dealkylation sites (N-methyl/N-ethyl adjacent to an activating group) is 1. The number of hydrogen-bond acceptors (Lipinski definition) is 4. The van der Waals surface area contributed by atoms with Crippen molar-refractivity contribution in [3.8, 4) is 0 Å². The quantitative estimate of drug-likeness (QED) is 0.755. The molecule has 2 saturated heterocycles. The van der Waals surface area contributed by atoms with Crippen molar-refractivity contribution < 1.29 is 14.3 Å². The van der Waals surface area contributed by atoms with Gasteiger partial charge in [-0.25, -0.2) is 0 Å². The zero-order chi connectivity index (χ0) is 16.5. The number of carbonyl (C=O) groups excluding carboxylic acids is 2. The lowest BCUT2D eigenvalue weighted by Crippen LogP contribution is -2.59. The summed E-state index contributed by atoms with van der Waals surface area (Å²) in [6, 6.07) is 0.327. The van der Waals surface area contributed by atoms with Gasteiger partial charge in [0, 0.05) is 39.8 Å². The Balaban J connectivity index is 2.11. The lowest BCUT2D eigenvalue weighted by Gasteiger charge is -2.44. The molecule has 0 spiro atoms. The van der Waals surface area contributed by atoms with Crippen LogP contribution in [0.25, 0.3) is 0 Å². The molecular formula is C16H29N3O3.